The first-order chi connectivity index (χ1) is 11.6. The quantitative estimate of drug-likeness (QED) is 0.736. The molecular formula is C18H18N4O2. The number of hydrogen-bond donors (Lipinski definition) is 0. The number of anilines is 1. The van der Waals surface area contributed by atoms with Crippen molar-refractivity contribution in [1.29, 1.82) is 0 Å². The predicted octanol–water partition coefficient (Wildman–Crippen LogP) is 3.42. The molecule has 0 aliphatic carbocycles. The Labute approximate surface area is 140 Å². The van der Waals surface area contributed by atoms with Crippen LogP contribution in [0, 0.1) is 13.8 Å². The Morgan fingerprint density at radius 1 is 1.12 bits per heavy atom. The van der Waals surface area contributed by atoms with Crippen molar-refractivity contribution in [2.24, 2.45) is 0 Å². The molecule has 0 fully saturated rings. The van der Waals surface area contributed by atoms with Crippen LogP contribution in [0.4, 0.5) is 5.69 Å². The summed E-state index contributed by atoms with van der Waals surface area (Å²) in [5.74, 6) is 0.0346. The van der Waals surface area contributed by atoms with Crippen molar-refractivity contribution in [3.05, 3.63) is 59.7 Å². The molecule has 2 heterocycles. The van der Waals surface area contributed by atoms with Gasteiger partial charge >= 0.3 is 11.8 Å². The fourth-order valence-corrected chi connectivity index (χ4v) is 2.38. The third-order valence-corrected chi connectivity index (χ3v) is 3.91. The molecule has 0 saturated heterocycles. The maximum atomic E-state index is 12.7. The number of carbonyl (C=O) groups excluding carboxylic acids is 1. The van der Waals surface area contributed by atoms with Gasteiger partial charge in [-0.2, -0.15) is 4.98 Å². The number of nitrogens with zero attached hydrogens (tertiary/aromatic N) is 4. The highest BCUT2D eigenvalue weighted by atomic mass is 16.5. The lowest BCUT2D eigenvalue weighted by Gasteiger charge is -2.20. The summed E-state index contributed by atoms with van der Waals surface area (Å²) in [6.45, 7) is 6.48. The highest BCUT2D eigenvalue weighted by Crippen LogP contribution is 2.21. The number of carbonyl (C=O) groups is 1. The SMILES string of the molecule is CCN(C(=O)c1nc(-c2ccncc2)no1)c1ccc(C)c(C)c1. The van der Waals surface area contributed by atoms with Gasteiger partial charge in [0.25, 0.3) is 0 Å². The average Bonchev–Trinajstić information content (AvgIpc) is 3.09. The molecule has 3 rings (SSSR count). The maximum absolute atomic E-state index is 12.7. The Kier molecular flexibility index (Phi) is 4.37. The van der Waals surface area contributed by atoms with Gasteiger partial charge in [0, 0.05) is 30.2 Å². The van der Waals surface area contributed by atoms with Gasteiger partial charge in [-0.05, 0) is 56.2 Å². The molecule has 0 N–H and O–H groups in total. The van der Waals surface area contributed by atoms with E-state index in [-0.39, 0.29) is 11.8 Å². The summed E-state index contributed by atoms with van der Waals surface area (Å²) in [4.78, 5) is 22.5. The van der Waals surface area contributed by atoms with Crippen molar-refractivity contribution in [3.63, 3.8) is 0 Å². The zero-order valence-electron chi connectivity index (χ0n) is 13.9. The maximum Gasteiger partial charge on any atom is 0.316 e. The smallest absolute Gasteiger partial charge is 0.316 e. The second kappa shape index (κ2) is 6.62. The Bertz CT molecular complexity index is 858. The summed E-state index contributed by atoms with van der Waals surface area (Å²) >= 11 is 0. The van der Waals surface area contributed by atoms with E-state index in [0.29, 0.717) is 12.4 Å². The number of hydrogen-bond acceptors (Lipinski definition) is 5. The first-order valence-electron chi connectivity index (χ1n) is 7.73. The second-order valence-electron chi connectivity index (χ2n) is 5.48. The van der Waals surface area contributed by atoms with Crippen molar-refractivity contribution in [2.75, 3.05) is 11.4 Å². The predicted molar refractivity (Wildman–Crippen MR) is 90.8 cm³/mol. The summed E-state index contributed by atoms with van der Waals surface area (Å²) in [5.41, 5.74) is 3.87. The molecule has 1 aromatic carbocycles. The summed E-state index contributed by atoms with van der Waals surface area (Å²) in [6.07, 6.45) is 3.28. The Morgan fingerprint density at radius 3 is 2.54 bits per heavy atom. The number of aryl methyl sites for hydroxylation is 2. The lowest BCUT2D eigenvalue weighted by atomic mass is 10.1. The fourth-order valence-electron chi connectivity index (χ4n) is 2.38. The average molecular weight is 322 g/mol. The molecular weight excluding hydrogens is 304 g/mol. The molecule has 0 aliphatic rings. The molecule has 2 aromatic heterocycles. The van der Waals surface area contributed by atoms with Crippen LogP contribution in [-0.4, -0.2) is 27.6 Å². The third-order valence-electron chi connectivity index (χ3n) is 3.91. The number of rotatable bonds is 4. The normalized spacial score (nSPS) is 10.6. The summed E-state index contributed by atoms with van der Waals surface area (Å²) in [7, 11) is 0. The van der Waals surface area contributed by atoms with Gasteiger partial charge in [-0.3, -0.25) is 9.78 Å². The molecule has 6 nitrogen and oxygen atoms in total. The fraction of sp³-hybridized carbons (Fsp3) is 0.222. The zero-order chi connectivity index (χ0) is 17.1. The van der Waals surface area contributed by atoms with E-state index in [2.05, 4.69) is 15.1 Å². The van der Waals surface area contributed by atoms with Crippen molar-refractivity contribution in [2.45, 2.75) is 20.8 Å². The summed E-state index contributed by atoms with van der Waals surface area (Å²) in [5, 5.41) is 3.89. The van der Waals surface area contributed by atoms with Crippen molar-refractivity contribution in [3.8, 4) is 11.4 Å². The minimum Gasteiger partial charge on any atom is -0.328 e. The van der Waals surface area contributed by atoms with E-state index in [0.717, 1.165) is 16.8 Å². The molecule has 1 amide bonds. The second-order valence-corrected chi connectivity index (χ2v) is 5.48. The van der Waals surface area contributed by atoms with Crippen LogP contribution < -0.4 is 4.90 Å². The lowest BCUT2D eigenvalue weighted by molar-refractivity contribution is 0.0946. The number of amides is 1. The van der Waals surface area contributed by atoms with E-state index in [1.165, 1.54) is 5.56 Å². The molecule has 0 bridgehead atoms. The van der Waals surface area contributed by atoms with Gasteiger partial charge in [0.05, 0.1) is 0 Å². The summed E-state index contributed by atoms with van der Waals surface area (Å²) in [6, 6.07) is 9.43. The number of aromatic nitrogens is 3. The van der Waals surface area contributed by atoms with Crippen molar-refractivity contribution >= 4 is 11.6 Å². The molecule has 3 aromatic rings. The number of benzene rings is 1. The highest BCUT2D eigenvalue weighted by Gasteiger charge is 2.23. The van der Waals surface area contributed by atoms with Gasteiger partial charge in [-0.1, -0.05) is 11.2 Å². The van der Waals surface area contributed by atoms with Gasteiger partial charge in [-0.25, -0.2) is 0 Å². The van der Waals surface area contributed by atoms with Gasteiger partial charge in [-0.15, -0.1) is 0 Å². The third kappa shape index (κ3) is 3.03. The van der Waals surface area contributed by atoms with Crippen LogP contribution in [0.15, 0.2) is 47.2 Å². The van der Waals surface area contributed by atoms with E-state index in [1.54, 1.807) is 29.4 Å². The van der Waals surface area contributed by atoms with Crippen LogP contribution >= 0.6 is 0 Å². The molecule has 6 heteroatoms. The standard InChI is InChI=1S/C18H18N4O2/c1-4-22(15-6-5-12(2)13(3)11-15)18(23)17-20-16(21-24-17)14-7-9-19-10-8-14/h5-11H,4H2,1-3H3. The van der Waals surface area contributed by atoms with Crippen LogP contribution in [0.25, 0.3) is 11.4 Å². The molecule has 0 aliphatic heterocycles. The van der Waals surface area contributed by atoms with Crippen LogP contribution in [0.1, 0.15) is 28.7 Å². The van der Waals surface area contributed by atoms with E-state index in [1.807, 2.05) is 39.0 Å². The molecule has 122 valence electrons. The first kappa shape index (κ1) is 15.9. The van der Waals surface area contributed by atoms with E-state index >= 15 is 0 Å². The molecule has 0 spiro atoms. The van der Waals surface area contributed by atoms with E-state index in [9.17, 15) is 4.79 Å². The van der Waals surface area contributed by atoms with Crippen LogP contribution in [0.5, 0.6) is 0 Å². The zero-order valence-corrected chi connectivity index (χ0v) is 13.9. The van der Waals surface area contributed by atoms with Crippen molar-refractivity contribution in [1.82, 2.24) is 15.1 Å². The topological polar surface area (TPSA) is 72.1 Å². The highest BCUT2D eigenvalue weighted by molar-refractivity contribution is 6.03. The minimum absolute atomic E-state index is 0.0260. The Morgan fingerprint density at radius 2 is 1.88 bits per heavy atom. The molecule has 0 radical (unpaired) electrons. The molecule has 24 heavy (non-hydrogen) atoms. The van der Waals surface area contributed by atoms with Crippen LogP contribution in [0.3, 0.4) is 0 Å². The van der Waals surface area contributed by atoms with Crippen molar-refractivity contribution < 1.29 is 9.32 Å². The van der Waals surface area contributed by atoms with Crippen LogP contribution in [-0.2, 0) is 0 Å². The van der Waals surface area contributed by atoms with E-state index < -0.39 is 0 Å². The Balaban J connectivity index is 1.89. The van der Waals surface area contributed by atoms with Crippen LogP contribution in [0.2, 0.25) is 0 Å². The molecule has 0 unspecified atom stereocenters. The Hall–Kier alpha value is -3.02. The molecule has 0 atom stereocenters. The van der Waals surface area contributed by atoms with Gasteiger partial charge < -0.3 is 9.42 Å². The minimum atomic E-state index is -0.312. The lowest BCUT2D eigenvalue weighted by Crippen LogP contribution is -2.31. The van der Waals surface area contributed by atoms with Gasteiger partial charge in [0.1, 0.15) is 0 Å². The van der Waals surface area contributed by atoms with Gasteiger partial charge in [0.2, 0.25) is 5.82 Å². The summed E-state index contributed by atoms with van der Waals surface area (Å²) < 4.78 is 5.17. The first-order valence-corrected chi connectivity index (χ1v) is 7.73. The van der Waals surface area contributed by atoms with E-state index in [4.69, 9.17) is 4.52 Å². The largest absolute Gasteiger partial charge is 0.328 e. The van der Waals surface area contributed by atoms with Gasteiger partial charge in [0.15, 0.2) is 0 Å². The monoisotopic (exact) mass is 322 g/mol. The number of pyridine rings is 1. The molecule has 0 saturated carbocycles.